The molecule has 0 fully saturated rings. The molecule has 0 aliphatic rings. The first-order valence-corrected chi connectivity index (χ1v) is 4.19. The van der Waals surface area contributed by atoms with Crippen LogP contribution in [-0.4, -0.2) is 9.97 Å². The molecule has 2 rings (SSSR count). The Kier molecular flexibility index (Phi) is 5.56. The first-order chi connectivity index (χ1) is 6.75. The van der Waals surface area contributed by atoms with Gasteiger partial charge in [-0.05, 0) is 35.4 Å². The Morgan fingerprint density at radius 1 is 0.750 bits per heavy atom. The van der Waals surface area contributed by atoms with Crippen LogP contribution in [0.15, 0.2) is 36.7 Å². The molecule has 2 aromatic heterocycles. The smallest absolute Gasteiger partial charge is 0.123 e. The van der Waals surface area contributed by atoms with E-state index < -0.39 is 0 Å². The number of nitrogens with two attached hydrogens (primary N) is 2. The third kappa shape index (κ3) is 3.25. The van der Waals surface area contributed by atoms with Gasteiger partial charge in [-0.3, -0.25) is 0 Å². The average Bonchev–Trinajstić information content (AvgIpc) is 2.18. The van der Waals surface area contributed by atoms with Crippen molar-refractivity contribution in [1.29, 1.82) is 0 Å². The number of rotatable bonds is 1. The van der Waals surface area contributed by atoms with Crippen LogP contribution in [0, 0.1) is 0 Å². The molecule has 6 heteroatoms. The Bertz CT molecular complexity index is 419. The molecule has 0 aliphatic carbocycles. The van der Waals surface area contributed by atoms with Crippen LogP contribution in [0.4, 0.5) is 11.6 Å². The van der Waals surface area contributed by atoms with Gasteiger partial charge in [-0.25, -0.2) is 9.97 Å². The number of aromatic nitrogens is 2. The minimum Gasteiger partial charge on any atom is -0.384 e. The molecule has 0 aromatic carbocycles. The maximum Gasteiger partial charge on any atom is 0.123 e. The Morgan fingerprint density at radius 3 is 1.44 bits per heavy atom. The van der Waals surface area contributed by atoms with Crippen molar-refractivity contribution in [2.45, 2.75) is 0 Å². The third-order valence-electron chi connectivity index (χ3n) is 1.90. The largest absolute Gasteiger partial charge is 0.384 e. The van der Waals surface area contributed by atoms with Crippen molar-refractivity contribution in [2.75, 3.05) is 11.5 Å². The van der Waals surface area contributed by atoms with E-state index in [-0.39, 0.29) is 24.8 Å². The molecular weight excluding hydrogens is 247 g/mol. The number of anilines is 2. The van der Waals surface area contributed by atoms with Crippen molar-refractivity contribution in [1.82, 2.24) is 9.97 Å². The van der Waals surface area contributed by atoms with Gasteiger partial charge in [-0.15, -0.1) is 24.8 Å². The van der Waals surface area contributed by atoms with Crippen molar-refractivity contribution in [2.24, 2.45) is 0 Å². The molecule has 2 aromatic rings. The van der Waals surface area contributed by atoms with Crippen LogP contribution in [-0.2, 0) is 0 Å². The standard InChI is InChI=1S/C10H10N4.2ClH/c11-9-5-7(1-3-13-9)8-2-4-14-10(12)6-8;;/h1-6H,(H2,11,13)(H2,12,14);2*1H. The lowest BCUT2D eigenvalue weighted by molar-refractivity contribution is 1.32. The van der Waals surface area contributed by atoms with Crippen LogP contribution in [0.1, 0.15) is 0 Å². The molecule has 16 heavy (non-hydrogen) atoms. The van der Waals surface area contributed by atoms with Gasteiger partial charge in [0.05, 0.1) is 0 Å². The van der Waals surface area contributed by atoms with Gasteiger partial charge in [-0.2, -0.15) is 0 Å². The van der Waals surface area contributed by atoms with E-state index in [2.05, 4.69) is 9.97 Å². The van der Waals surface area contributed by atoms with E-state index in [9.17, 15) is 0 Å². The summed E-state index contributed by atoms with van der Waals surface area (Å²) in [5.74, 6) is 0.996. The SMILES string of the molecule is Cl.Cl.Nc1cc(-c2ccnc(N)c2)ccn1. The van der Waals surface area contributed by atoms with Gasteiger partial charge in [-0.1, -0.05) is 0 Å². The van der Waals surface area contributed by atoms with Crippen LogP contribution < -0.4 is 11.5 Å². The molecule has 0 spiro atoms. The van der Waals surface area contributed by atoms with E-state index in [0.29, 0.717) is 11.6 Å². The van der Waals surface area contributed by atoms with E-state index in [1.807, 2.05) is 12.1 Å². The number of nitrogens with zero attached hydrogens (tertiary/aromatic N) is 2. The summed E-state index contributed by atoms with van der Waals surface area (Å²) in [6.45, 7) is 0. The Balaban J connectivity index is 0.00000112. The highest BCUT2D eigenvalue weighted by Crippen LogP contribution is 2.20. The van der Waals surface area contributed by atoms with E-state index >= 15 is 0 Å². The first kappa shape index (κ1) is 14.5. The number of halogens is 2. The van der Waals surface area contributed by atoms with Crippen LogP contribution in [0.2, 0.25) is 0 Å². The maximum absolute atomic E-state index is 5.58. The topological polar surface area (TPSA) is 77.8 Å². The molecule has 4 N–H and O–H groups in total. The lowest BCUT2D eigenvalue weighted by Gasteiger charge is -2.02. The first-order valence-electron chi connectivity index (χ1n) is 4.19. The molecule has 0 saturated carbocycles. The molecule has 0 amide bonds. The lowest BCUT2D eigenvalue weighted by atomic mass is 10.1. The third-order valence-corrected chi connectivity index (χ3v) is 1.90. The normalized spacial score (nSPS) is 8.75. The molecule has 0 aliphatic heterocycles. The maximum atomic E-state index is 5.58. The van der Waals surface area contributed by atoms with Crippen molar-refractivity contribution in [3.05, 3.63) is 36.7 Å². The van der Waals surface area contributed by atoms with Gasteiger partial charge in [0.2, 0.25) is 0 Å². The second-order valence-electron chi connectivity index (χ2n) is 2.94. The summed E-state index contributed by atoms with van der Waals surface area (Å²) in [6.07, 6.45) is 3.34. The predicted octanol–water partition coefficient (Wildman–Crippen LogP) is 2.15. The molecular formula is C10H12Cl2N4. The highest BCUT2D eigenvalue weighted by atomic mass is 35.5. The summed E-state index contributed by atoms with van der Waals surface area (Å²) in [5.41, 5.74) is 13.1. The Morgan fingerprint density at radius 2 is 1.12 bits per heavy atom. The van der Waals surface area contributed by atoms with E-state index in [4.69, 9.17) is 11.5 Å². The summed E-state index contributed by atoms with van der Waals surface area (Å²) in [5, 5.41) is 0. The van der Waals surface area contributed by atoms with Gasteiger partial charge in [0, 0.05) is 12.4 Å². The van der Waals surface area contributed by atoms with Crippen LogP contribution >= 0.6 is 24.8 Å². The zero-order valence-corrected chi connectivity index (χ0v) is 9.96. The highest BCUT2D eigenvalue weighted by molar-refractivity contribution is 5.85. The summed E-state index contributed by atoms with van der Waals surface area (Å²) in [4.78, 5) is 7.84. The van der Waals surface area contributed by atoms with Crippen molar-refractivity contribution >= 4 is 36.4 Å². The molecule has 2 heterocycles. The van der Waals surface area contributed by atoms with Gasteiger partial charge >= 0.3 is 0 Å². The fourth-order valence-corrected chi connectivity index (χ4v) is 1.26. The molecule has 0 saturated heterocycles. The molecule has 0 atom stereocenters. The summed E-state index contributed by atoms with van der Waals surface area (Å²) >= 11 is 0. The molecule has 0 bridgehead atoms. The highest BCUT2D eigenvalue weighted by Gasteiger charge is 1.98. The number of hydrogen-bond acceptors (Lipinski definition) is 4. The van der Waals surface area contributed by atoms with E-state index in [1.165, 1.54) is 0 Å². The van der Waals surface area contributed by atoms with Crippen molar-refractivity contribution in [3.8, 4) is 11.1 Å². The number of nitrogen functional groups attached to an aromatic ring is 2. The zero-order chi connectivity index (χ0) is 9.97. The Labute approximate surface area is 106 Å². The average molecular weight is 259 g/mol. The van der Waals surface area contributed by atoms with Gasteiger partial charge in [0.1, 0.15) is 11.6 Å². The molecule has 4 nitrogen and oxygen atoms in total. The minimum atomic E-state index is 0. The zero-order valence-electron chi connectivity index (χ0n) is 8.33. The summed E-state index contributed by atoms with van der Waals surface area (Å²) in [7, 11) is 0. The lowest BCUT2D eigenvalue weighted by Crippen LogP contribution is -1.92. The number of hydrogen-bond donors (Lipinski definition) is 2. The molecule has 0 radical (unpaired) electrons. The van der Waals surface area contributed by atoms with Crippen molar-refractivity contribution in [3.63, 3.8) is 0 Å². The quantitative estimate of drug-likeness (QED) is 0.822. The van der Waals surface area contributed by atoms with Crippen LogP contribution in [0.3, 0.4) is 0 Å². The molecule has 86 valence electrons. The van der Waals surface area contributed by atoms with Crippen LogP contribution in [0.25, 0.3) is 11.1 Å². The Hall–Kier alpha value is -1.52. The van der Waals surface area contributed by atoms with E-state index in [1.54, 1.807) is 24.5 Å². The fraction of sp³-hybridized carbons (Fsp3) is 0. The second-order valence-corrected chi connectivity index (χ2v) is 2.94. The van der Waals surface area contributed by atoms with E-state index in [0.717, 1.165) is 11.1 Å². The fourth-order valence-electron chi connectivity index (χ4n) is 1.26. The van der Waals surface area contributed by atoms with Gasteiger partial charge in [0.15, 0.2) is 0 Å². The van der Waals surface area contributed by atoms with Gasteiger partial charge in [0.25, 0.3) is 0 Å². The van der Waals surface area contributed by atoms with Gasteiger partial charge < -0.3 is 11.5 Å². The second kappa shape index (κ2) is 6.15. The number of pyridine rings is 2. The van der Waals surface area contributed by atoms with Crippen LogP contribution in [0.5, 0.6) is 0 Å². The minimum absolute atomic E-state index is 0. The summed E-state index contributed by atoms with van der Waals surface area (Å²) in [6, 6.07) is 7.36. The monoisotopic (exact) mass is 258 g/mol. The molecule has 0 unspecified atom stereocenters. The van der Waals surface area contributed by atoms with Crippen molar-refractivity contribution < 1.29 is 0 Å². The predicted molar refractivity (Wildman–Crippen MR) is 70.8 cm³/mol. The summed E-state index contributed by atoms with van der Waals surface area (Å²) < 4.78 is 0.